The van der Waals surface area contributed by atoms with Gasteiger partial charge in [-0.05, 0) is 66.6 Å². The van der Waals surface area contributed by atoms with E-state index in [1.54, 1.807) is 5.56 Å². The molecule has 1 saturated carbocycles. The van der Waals surface area contributed by atoms with Crippen molar-refractivity contribution in [2.45, 2.75) is 57.5 Å². The molecule has 2 heterocycles. The average molecular weight is 381 g/mol. The Kier molecular flexibility index (Phi) is 3.86. The smallest absolute Gasteiger partial charge is 0.0519 e. The topological polar surface area (TPSA) is 27.8 Å². The Morgan fingerprint density at radius 1 is 0.931 bits per heavy atom. The molecule has 2 heteroatoms. The van der Waals surface area contributed by atoms with E-state index >= 15 is 0 Å². The minimum atomic E-state index is 0.349. The fourth-order valence-electron chi connectivity index (χ4n) is 6.07. The molecule has 0 amide bonds. The van der Waals surface area contributed by atoms with Crippen LogP contribution in [0.5, 0.6) is 0 Å². The van der Waals surface area contributed by atoms with Gasteiger partial charge in [-0.25, -0.2) is 0 Å². The zero-order valence-corrected chi connectivity index (χ0v) is 17.3. The number of nitrogens with one attached hydrogen (secondary N) is 2. The van der Waals surface area contributed by atoms with Crippen LogP contribution >= 0.6 is 0 Å². The lowest BCUT2D eigenvalue weighted by molar-refractivity contribution is 0.374. The van der Waals surface area contributed by atoms with Crippen molar-refractivity contribution in [3.05, 3.63) is 82.5 Å². The van der Waals surface area contributed by atoms with Gasteiger partial charge in [0.15, 0.2) is 0 Å². The second-order valence-electron chi connectivity index (χ2n) is 9.16. The molecule has 3 aromatic carbocycles. The summed E-state index contributed by atoms with van der Waals surface area (Å²) in [4.78, 5) is 3.88. The van der Waals surface area contributed by atoms with Crippen LogP contribution in [-0.2, 0) is 6.42 Å². The van der Waals surface area contributed by atoms with Crippen LogP contribution < -0.4 is 5.32 Å². The van der Waals surface area contributed by atoms with Crippen LogP contribution in [0.15, 0.2) is 54.6 Å². The normalized spacial score (nSPS) is 23.4. The number of aryl methyl sites for hydroxylation is 2. The van der Waals surface area contributed by atoms with Crippen LogP contribution in [0, 0.1) is 13.8 Å². The van der Waals surface area contributed by atoms with Crippen molar-refractivity contribution >= 4 is 21.7 Å². The molecule has 0 bridgehead atoms. The fourth-order valence-corrected chi connectivity index (χ4v) is 6.07. The Bertz CT molecular complexity index is 1230. The molecule has 1 aromatic heterocycles. The average Bonchev–Trinajstić information content (AvgIpc) is 3.33. The Morgan fingerprint density at radius 3 is 2.72 bits per heavy atom. The molecule has 1 aliphatic carbocycles. The molecule has 1 fully saturated rings. The molecular weight excluding hydrogens is 352 g/mol. The molecule has 1 aliphatic heterocycles. The van der Waals surface area contributed by atoms with E-state index in [-0.39, 0.29) is 0 Å². The summed E-state index contributed by atoms with van der Waals surface area (Å²) < 4.78 is 0. The first-order valence-electron chi connectivity index (χ1n) is 11.0. The van der Waals surface area contributed by atoms with Gasteiger partial charge in [-0.3, -0.25) is 0 Å². The number of benzene rings is 3. The van der Waals surface area contributed by atoms with Crippen LogP contribution in [0.1, 0.15) is 59.2 Å². The van der Waals surface area contributed by atoms with Gasteiger partial charge in [0.2, 0.25) is 0 Å². The molecule has 0 spiro atoms. The van der Waals surface area contributed by atoms with Gasteiger partial charge in [0.1, 0.15) is 0 Å². The van der Waals surface area contributed by atoms with Gasteiger partial charge in [-0.15, -0.1) is 0 Å². The highest BCUT2D eigenvalue weighted by molar-refractivity contribution is 5.89. The Morgan fingerprint density at radius 2 is 1.79 bits per heavy atom. The van der Waals surface area contributed by atoms with Crippen molar-refractivity contribution in [2.75, 3.05) is 0 Å². The molecule has 0 radical (unpaired) electrons. The predicted octanol–water partition coefficient (Wildman–Crippen LogP) is 6.46. The number of fused-ring (bicyclic) bond motifs is 6. The van der Waals surface area contributed by atoms with Crippen molar-refractivity contribution in [2.24, 2.45) is 0 Å². The van der Waals surface area contributed by atoms with Gasteiger partial charge in [0.05, 0.1) is 6.04 Å². The van der Waals surface area contributed by atoms with Crippen molar-refractivity contribution < 1.29 is 0 Å². The molecule has 4 aromatic rings. The highest BCUT2D eigenvalue weighted by Gasteiger charge is 2.39. The van der Waals surface area contributed by atoms with Gasteiger partial charge in [-0.2, -0.15) is 0 Å². The van der Waals surface area contributed by atoms with Gasteiger partial charge < -0.3 is 10.3 Å². The van der Waals surface area contributed by atoms with Gasteiger partial charge in [0.25, 0.3) is 0 Å². The zero-order chi connectivity index (χ0) is 19.5. The van der Waals surface area contributed by atoms with E-state index in [1.165, 1.54) is 63.3 Å². The first-order chi connectivity index (χ1) is 14.2. The van der Waals surface area contributed by atoms with E-state index in [9.17, 15) is 0 Å². The molecule has 3 atom stereocenters. The van der Waals surface area contributed by atoms with Crippen LogP contribution in [0.3, 0.4) is 0 Å². The summed E-state index contributed by atoms with van der Waals surface area (Å²) in [5.74, 6) is 0.656. The number of aromatic nitrogens is 1. The lowest BCUT2D eigenvalue weighted by atomic mass is 9.83. The van der Waals surface area contributed by atoms with Gasteiger partial charge in [0, 0.05) is 28.6 Å². The summed E-state index contributed by atoms with van der Waals surface area (Å²) in [6.45, 7) is 4.48. The summed E-state index contributed by atoms with van der Waals surface area (Å²) in [7, 11) is 0. The quantitative estimate of drug-likeness (QED) is 0.410. The molecule has 6 rings (SSSR count). The number of rotatable bonds is 2. The molecule has 0 saturated heterocycles. The van der Waals surface area contributed by atoms with E-state index in [2.05, 4.69) is 78.7 Å². The standard InChI is InChI=1S/C27H28N2/c1-16-13-17(2)26-22(14-16)25-21-11-6-12-23(21)28-24(27(25)29-26)15-19-9-5-8-18-7-3-4-10-20(18)19/h3-5,7-10,13-14,21,23-24,28-29H,6,11-12,15H2,1-2H3/t21-,23-,24-/m1/s1. The summed E-state index contributed by atoms with van der Waals surface area (Å²) in [6.07, 6.45) is 4.97. The van der Waals surface area contributed by atoms with Crippen molar-refractivity contribution in [3.8, 4) is 0 Å². The third-order valence-electron chi connectivity index (χ3n) is 7.27. The minimum Gasteiger partial charge on any atom is -0.357 e. The van der Waals surface area contributed by atoms with Crippen molar-refractivity contribution in [3.63, 3.8) is 0 Å². The van der Waals surface area contributed by atoms with E-state index < -0.39 is 0 Å². The first-order valence-corrected chi connectivity index (χ1v) is 11.0. The van der Waals surface area contributed by atoms with Gasteiger partial charge in [-0.1, -0.05) is 60.5 Å². The maximum absolute atomic E-state index is 4.05. The lowest BCUT2D eigenvalue weighted by Crippen LogP contribution is -2.40. The van der Waals surface area contributed by atoms with E-state index in [4.69, 9.17) is 0 Å². The predicted molar refractivity (Wildman–Crippen MR) is 122 cm³/mol. The summed E-state index contributed by atoms with van der Waals surface area (Å²) in [5, 5.41) is 8.24. The lowest BCUT2D eigenvalue weighted by Gasteiger charge is -2.34. The maximum atomic E-state index is 4.05. The number of hydrogen-bond donors (Lipinski definition) is 2. The SMILES string of the molecule is Cc1cc(C)c2[nH]c3c(c2c1)[C@@H]1CCC[C@H]1N[C@@H]3Cc1cccc2ccccc12. The molecule has 2 N–H and O–H groups in total. The first kappa shape index (κ1) is 17.3. The molecule has 0 unspecified atom stereocenters. The molecule has 29 heavy (non-hydrogen) atoms. The second-order valence-corrected chi connectivity index (χ2v) is 9.16. The zero-order valence-electron chi connectivity index (χ0n) is 17.3. The number of aromatic amines is 1. The fraction of sp³-hybridized carbons (Fsp3) is 0.333. The maximum Gasteiger partial charge on any atom is 0.0519 e. The highest BCUT2D eigenvalue weighted by Crippen LogP contribution is 2.47. The van der Waals surface area contributed by atoms with E-state index in [0.29, 0.717) is 18.0 Å². The molecule has 146 valence electrons. The van der Waals surface area contributed by atoms with Crippen LogP contribution in [-0.4, -0.2) is 11.0 Å². The minimum absolute atomic E-state index is 0.349. The van der Waals surface area contributed by atoms with Crippen LogP contribution in [0.25, 0.3) is 21.7 Å². The Labute approximate surface area is 172 Å². The highest BCUT2D eigenvalue weighted by atomic mass is 15.0. The number of H-pyrrole nitrogens is 1. The van der Waals surface area contributed by atoms with Crippen molar-refractivity contribution in [1.29, 1.82) is 0 Å². The molecule has 2 aliphatic rings. The van der Waals surface area contributed by atoms with E-state index in [1.807, 2.05) is 0 Å². The van der Waals surface area contributed by atoms with Crippen molar-refractivity contribution in [1.82, 2.24) is 10.3 Å². The Hall–Kier alpha value is -2.58. The third-order valence-corrected chi connectivity index (χ3v) is 7.27. The summed E-state index contributed by atoms with van der Waals surface area (Å²) in [6, 6.07) is 21.2. The van der Waals surface area contributed by atoms with Gasteiger partial charge >= 0.3 is 0 Å². The van der Waals surface area contributed by atoms with E-state index in [0.717, 1.165) is 6.42 Å². The largest absolute Gasteiger partial charge is 0.357 e. The van der Waals surface area contributed by atoms with Crippen LogP contribution in [0.4, 0.5) is 0 Å². The van der Waals surface area contributed by atoms with Crippen LogP contribution in [0.2, 0.25) is 0 Å². The summed E-state index contributed by atoms with van der Waals surface area (Å²) >= 11 is 0. The summed E-state index contributed by atoms with van der Waals surface area (Å²) in [5.41, 5.74) is 8.57. The molecule has 2 nitrogen and oxygen atoms in total. The monoisotopic (exact) mass is 380 g/mol. The third kappa shape index (κ3) is 2.66. The second kappa shape index (κ2) is 6.47. The Balaban J connectivity index is 1.52. The number of hydrogen-bond acceptors (Lipinski definition) is 1. The molecular formula is C27H28N2.